The van der Waals surface area contributed by atoms with Crippen LogP contribution in [0.2, 0.25) is 0 Å². The predicted molar refractivity (Wildman–Crippen MR) is 138 cm³/mol. The maximum atomic E-state index is 12.9. The molecule has 0 unspecified atom stereocenters. The monoisotopic (exact) mass is 493 g/mol. The Hall–Kier alpha value is -2.06. The van der Waals surface area contributed by atoms with Gasteiger partial charge in [0.15, 0.2) is 11.5 Å². The van der Waals surface area contributed by atoms with Crippen LogP contribution in [0.15, 0.2) is 23.1 Å². The van der Waals surface area contributed by atoms with Crippen LogP contribution in [0.4, 0.5) is 0 Å². The number of hydrogen-bond acceptors (Lipinski definition) is 6. The van der Waals surface area contributed by atoms with Crippen molar-refractivity contribution in [3.05, 3.63) is 28.7 Å². The van der Waals surface area contributed by atoms with Gasteiger partial charge in [-0.05, 0) is 50.0 Å². The zero-order chi connectivity index (χ0) is 24.4. The first-order chi connectivity index (χ1) is 15.8. The fourth-order valence-electron chi connectivity index (χ4n) is 3.72. The minimum atomic E-state index is -1.04. The van der Waals surface area contributed by atoms with E-state index < -0.39 is 12.0 Å². The van der Waals surface area contributed by atoms with E-state index in [1.54, 1.807) is 13.2 Å². The van der Waals surface area contributed by atoms with E-state index in [2.05, 4.69) is 13.8 Å². The summed E-state index contributed by atoms with van der Waals surface area (Å²) in [6.45, 7) is 6.16. The van der Waals surface area contributed by atoms with Crippen molar-refractivity contribution >= 4 is 46.3 Å². The van der Waals surface area contributed by atoms with E-state index in [1.807, 2.05) is 25.1 Å². The first kappa shape index (κ1) is 27.2. The maximum Gasteiger partial charge on any atom is 0.326 e. The number of rotatable bonds is 14. The molecule has 182 valence electrons. The third-order valence-electron chi connectivity index (χ3n) is 5.51. The fourth-order valence-corrected chi connectivity index (χ4v) is 5.08. The average Bonchev–Trinajstić information content (AvgIpc) is 3.05. The van der Waals surface area contributed by atoms with E-state index in [0.717, 1.165) is 30.2 Å². The van der Waals surface area contributed by atoms with Crippen LogP contribution in [0.1, 0.15) is 77.7 Å². The molecule has 0 saturated carbocycles. The lowest BCUT2D eigenvalue weighted by molar-refractivity contribution is -0.145. The number of aliphatic carboxylic acids is 1. The number of ether oxygens (including phenoxy) is 2. The van der Waals surface area contributed by atoms with Gasteiger partial charge in [-0.25, -0.2) is 4.79 Å². The first-order valence-corrected chi connectivity index (χ1v) is 12.9. The number of nitrogens with zero attached hydrogens (tertiary/aromatic N) is 1. The van der Waals surface area contributed by atoms with Gasteiger partial charge in [-0.2, -0.15) is 0 Å². The normalized spacial score (nSPS) is 16.8. The summed E-state index contributed by atoms with van der Waals surface area (Å²) >= 11 is 6.44. The van der Waals surface area contributed by atoms with Crippen molar-refractivity contribution in [2.75, 3.05) is 7.11 Å². The quantitative estimate of drug-likeness (QED) is 0.186. The Kier molecular flexibility index (Phi) is 11.2. The molecule has 0 aromatic heterocycles. The van der Waals surface area contributed by atoms with E-state index in [1.165, 1.54) is 30.6 Å². The summed E-state index contributed by atoms with van der Waals surface area (Å²) in [4.78, 5) is 26.2. The number of amides is 1. The van der Waals surface area contributed by atoms with Gasteiger partial charge in [0.2, 0.25) is 0 Å². The van der Waals surface area contributed by atoms with Crippen molar-refractivity contribution in [3.8, 4) is 11.5 Å². The predicted octanol–water partition coefficient (Wildman–Crippen LogP) is 6.28. The highest BCUT2D eigenvalue weighted by Gasteiger charge is 2.40. The Balaban J connectivity index is 2.10. The summed E-state index contributed by atoms with van der Waals surface area (Å²) in [5.74, 6) is -0.164. The number of carboxylic acid groups (broad SMARTS) is 1. The summed E-state index contributed by atoms with van der Waals surface area (Å²) < 4.78 is 11.9. The molecule has 1 fully saturated rings. The van der Waals surface area contributed by atoms with E-state index in [-0.39, 0.29) is 16.3 Å². The third-order valence-corrected chi connectivity index (χ3v) is 6.84. The topological polar surface area (TPSA) is 76.1 Å². The Morgan fingerprint density at radius 2 is 1.88 bits per heavy atom. The molecule has 1 aromatic carbocycles. The minimum absolute atomic E-state index is 0.0779. The molecule has 33 heavy (non-hydrogen) atoms. The van der Waals surface area contributed by atoms with Gasteiger partial charge in [-0.15, -0.1) is 0 Å². The van der Waals surface area contributed by atoms with Crippen LogP contribution in [-0.4, -0.2) is 45.5 Å². The van der Waals surface area contributed by atoms with Gasteiger partial charge in [0.25, 0.3) is 5.91 Å². The number of thioether (sulfide) groups is 1. The number of benzene rings is 1. The molecule has 0 aliphatic carbocycles. The molecule has 0 radical (unpaired) electrons. The molecule has 1 N–H and O–H groups in total. The molecular weight excluding hydrogens is 458 g/mol. The second kappa shape index (κ2) is 13.6. The second-order valence-electron chi connectivity index (χ2n) is 8.24. The highest BCUT2D eigenvalue weighted by atomic mass is 32.2. The van der Waals surface area contributed by atoms with Crippen LogP contribution < -0.4 is 9.47 Å². The summed E-state index contributed by atoms with van der Waals surface area (Å²) in [5, 5.41) is 9.53. The molecule has 1 aromatic rings. The molecule has 2 rings (SSSR count). The van der Waals surface area contributed by atoms with Crippen molar-refractivity contribution in [3.63, 3.8) is 0 Å². The van der Waals surface area contributed by atoms with Crippen LogP contribution in [0.5, 0.6) is 11.5 Å². The van der Waals surface area contributed by atoms with Crippen LogP contribution in [0, 0.1) is 0 Å². The molecule has 1 amide bonds. The molecule has 0 bridgehead atoms. The number of methoxy groups -OCH3 is 1. The number of carbonyl (C=O) groups excluding carboxylic acids is 1. The van der Waals surface area contributed by atoms with E-state index in [0.29, 0.717) is 29.2 Å². The molecule has 0 spiro atoms. The van der Waals surface area contributed by atoms with Gasteiger partial charge in [0, 0.05) is 0 Å². The zero-order valence-corrected chi connectivity index (χ0v) is 21.6. The Morgan fingerprint density at radius 1 is 1.15 bits per heavy atom. The number of unbranched alkanes of at least 4 members (excludes halogenated alkanes) is 4. The highest BCUT2D eigenvalue weighted by molar-refractivity contribution is 8.26. The number of thiocarbonyl (C=S) groups is 1. The van der Waals surface area contributed by atoms with Gasteiger partial charge < -0.3 is 14.6 Å². The molecule has 1 heterocycles. The summed E-state index contributed by atoms with van der Waals surface area (Å²) in [7, 11) is 1.59. The Labute approximate surface area is 206 Å². The average molecular weight is 494 g/mol. The summed E-state index contributed by atoms with van der Waals surface area (Å²) in [6, 6.07) is 4.58. The fraction of sp³-hybridized carbons (Fsp3) is 0.560. The summed E-state index contributed by atoms with van der Waals surface area (Å²) in [5.41, 5.74) is 0.759. The summed E-state index contributed by atoms with van der Waals surface area (Å²) in [6.07, 6.45) is 9.91. The molecule has 1 aliphatic heterocycles. The van der Waals surface area contributed by atoms with Gasteiger partial charge in [-0.3, -0.25) is 9.69 Å². The van der Waals surface area contributed by atoms with Gasteiger partial charge in [0.1, 0.15) is 10.4 Å². The van der Waals surface area contributed by atoms with Crippen molar-refractivity contribution < 1.29 is 24.2 Å². The van der Waals surface area contributed by atoms with Crippen LogP contribution in [0.3, 0.4) is 0 Å². The second-order valence-corrected chi connectivity index (χ2v) is 9.91. The number of hydrogen-bond donors (Lipinski definition) is 1. The lowest BCUT2D eigenvalue weighted by atomic mass is 10.1. The van der Waals surface area contributed by atoms with E-state index in [4.69, 9.17) is 21.7 Å². The van der Waals surface area contributed by atoms with Crippen LogP contribution >= 0.6 is 24.0 Å². The molecule has 1 saturated heterocycles. The van der Waals surface area contributed by atoms with Crippen molar-refractivity contribution in [1.29, 1.82) is 0 Å². The zero-order valence-electron chi connectivity index (χ0n) is 20.0. The number of carbonyl (C=O) groups is 2. The minimum Gasteiger partial charge on any atom is -0.493 e. The molecular formula is C25H35NO5S2. The van der Waals surface area contributed by atoms with Crippen molar-refractivity contribution in [2.45, 2.75) is 84.3 Å². The van der Waals surface area contributed by atoms with Gasteiger partial charge in [-0.1, -0.05) is 76.0 Å². The van der Waals surface area contributed by atoms with E-state index >= 15 is 0 Å². The molecule has 6 nitrogen and oxygen atoms in total. The lowest BCUT2D eigenvalue weighted by Crippen LogP contribution is -2.43. The molecule has 1 aliphatic rings. The smallest absolute Gasteiger partial charge is 0.326 e. The molecule has 2 atom stereocenters. The third kappa shape index (κ3) is 7.74. The lowest BCUT2D eigenvalue weighted by Gasteiger charge is -2.22. The van der Waals surface area contributed by atoms with E-state index in [9.17, 15) is 14.7 Å². The Morgan fingerprint density at radius 3 is 2.52 bits per heavy atom. The SMILES string of the molecule is CCCCCCC[C@@H](C)Oc1ccc(/C=C2/SC(=S)N([C@H](CCC)C(=O)O)C2=O)cc1OC. The standard InChI is InChI=1S/C25H35NO5S2/c1-5-7-8-9-10-12-17(3)31-20-14-13-18(15-21(20)30-4)16-22-23(27)26(25(32)33-22)19(11-6-2)24(28)29/h13-17,19H,5-12H2,1-4H3,(H,28,29)/b22-16+/t17-,19-/m1/s1. The highest BCUT2D eigenvalue weighted by Crippen LogP contribution is 2.36. The largest absolute Gasteiger partial charge is 0.493 e. The van der Waals surface area contributed by atoms with Crippen LogP contribution in [-0.2, 0) is 9.59 Å². The van der Waals surface area contributed by atoms with Crippen molar-refractivity contribution in [2.24, 2.45) is 0 Å². The number of carboxylic acids is 1. The maximum absolute atomic E-state index is 12.9. The van der Waals surface area contributed by atoms with Gasteiger partial charge >= 0.3 is 5.97 Å². The van der Waals surface area contributed by atoms with Crippen molar-refractivity contribution in [1.82, 2.24) is 4.90 Å². The van der Waals surface area contributed by atoms with Crippen LogP contribution in [0.25, 0.3) is 6.08 Å². The Bertz CT molecular complexity index is 870. The first-order valence-electron chi connectivity index (χ1n) is 11.7. The molecule has 8 heteroatoms. The van der Waals surface area contributed by atoms with Gasteiger partial charge in [0.05, 0.1) is 18.1 Å².